The lowest BCUT2D eigenvalue weighted by Crippen LogP contribution is -2.63. The lowest BCUT2D eigenvalue weighted by molar-refractivity contribution is 0.0733. The third-order valence-corrected chi connectivity index (χ3v) is 7.68. The van der Waals surface area contributed by atoms with Gasteiger partial charge >= 0.3 is 0 Å². The van der Waals surface area contributed by atoms with E-state index in [0.29, 0.717) is 5.92 Å². The van der Waals surface area contributed by atoms with Crippen LogP contribution in [0.1, 0.15) is 51.5 Å². The summed E-state index contributed by atoms with van der Waals surface area (Å²) in [5, 5.41) is 1.04. The van der Waals surface area contributed by atoms with E-state index < -0.39 is 5.72 Å². The number of hydrogen-bond donors (Lipinski definition) is 0. The summed E-state index contributed by atoms with van der Waals surface area (Å²) in [5.74, 6) is 1.55. The predicted molar refractivity (Wildman–Crippen MR) is 127 cm³/mol. The van der Waals surface area contributed by atoms with E-state index in [-0.39, 0.29) is 5.41 Å². The van der Waals surface area contributed by atoms with E-state index in [9.17, 15) is 0 Å². The van der Waals surface area contributed by atoms with Crippen molar-refractivity contribution in [3.8, 4) is 5.75 Å². The van der Waals surface area contributed by atoms with Crippen LogP contribution < -0.4 is 9.64 Å². The van der Waals surface area contributed by atoms with Gasteiger partial charge in [-0.05, 0) is 68.5 Å². The predicted octanol–water partition coefficient (Wildman–Crippen LogP) is 6.40. The normalized spacial score (nSPS) is 24.3. The highest BCUT2D eigenvalue weighted by molar-refractivity contribution is 5.98. The Morgan fingerprint density at radius 2 is 1.84 bits per heavy atom. The van der Waals surface area contributed by atoms with Crippen molar-refractivity contribution in [2.24, 2.45) is 10.9 Å². The van der Waals surface area contributed by atoms with E-state index in [0.717, 1.165) is 28.9 Å². The van der Waals surface area contributed by atoms with Crippen LogP contribution >= 0.6 is 0 Å². The van der Waals surface area contributed by atoms with Crippen molar-refractivity contribution in [1.29, 1.82) is 0 Å². The van der Waals surface area contributed by atoms with Crippen LogP contribution in [0.15, 0.2) is 59.7 Å². The van der Waals surface area contributed by atoms with Crippen molar-refractivity contribution in [1.82, 2.24) is 4.98 Å². The second-order valence-electron chi connectivity index (χ2n) is 9.80. The van der Waals surface area contributed by atoms with Crippen LogP contribution in [0.3, 0.4) is 0 Å². The summed E-state index contributed by atoms with van der Waals surface area (Å²) in [6.45, 7) is 5.61. The van der Waals surface area contributed by atoms with Gasteiger partial charge in [-0.15, -0.1) is 0 Å². The Bertz CT molecular complexity index is 1180. The average Bonchev–Trinajstić information content (AvgIpc) is 2.98. The topological polar surface area (TPSA) is 37.7 Å². The van der Waals surface area contributed by atoms with E-state index in [1.165, 1.54) is 43.4 Å². The smallest absolute Gasteiger partial charge is 0.228 e. The SMILES string of the molecule is CC1(C)c2ccccc2N(CC2CCCCC2)C12C=Nc1c(ccc3ncccc13)O2. The third kappa shape index (κ3) is 2.67. The van der Waals surface area contributed by atoms with E-state index in [1.54, 1.807) is 0 Å². The lowest BCUT2D eigenvalue weighted by atomic mass is 9.77. The van der Waals surface area contributed by atoms with Crippen molar-refractivity contribution < 1.29 is 4.74 Å². The van der Waals surface area contributed by atoms with Crippen LogP contribution in [0.2, 0.25) is 0 Å². The molecule has 31 heavy (non-hydrogen) atoms. The maximum Gasteiger partial charge on any atom is 0.228 e. The number of aliphatic imine (C=N–C) groups is 1. The highest BCUT2D eigenvalue weighted by Crippen LogP contribution is 2.55. The molecule has 1 atom stereocenters. The number of fused-ring (bicyclic) bond motifs is 4. The maximum absolute atomic E-state index is 6.99. The van der Waals surface area contributed by atoms with Crippen LogP contribution in [0.4, 0.5) is 11.4 Å². The van der Waals surface area contributed by atoms with Gasteiger partial charge in [0.05, 0.1) is 17.1 Å². The molecule has 158 valence electrons. The molecule has 4 heteroatoms. The van der Waals surface area contributed by atoms with Crippen LogP contribution in [0.25, 0.3) is 10.9 Å². The minimum Gasteiger partial charge on any atom is -0.459 e. The molecule has 2 aliphatic heterocycles. The second kappa shape index (κ2) is 6.81. The van der Waals surface area contributed by atoms with Crippen LogP contribution in [0.5, 0.6) is 5.75 Å². The number of nitrogens with zero attached hydrogens (tertiary/aromatic N) is 3. The molecule has 0 radical (unpaired) electrons. The number of benzene rings is 2. The van der Waals surface area contributed by atoms with Crippen LogP contribution in [-0.2, 0) is 5.41 Å². The Balaban J connectivity index is 1.49. The summed E-state index contributed by atoms with van der Waals surface area (Å²) in [6.07, 6.45) is 10.6. The largest absolute Gasteiger partial charge is 0.459 e. The first-order chi connectivity index (χ1) is 15.1. The summed E-state index contributed by atoms with van der Waals surface area (Å²) in [4.78, 5) is 12.1. The van der Waals surface area contributed by atoms with Gasteiger partial charge in [0.2, 0.25) is 5.72 Å². The standard InChI is InChI=1S/C27H29N3O/c1-26(2)21-12-6-7-13-23(21)30(17-19-9-4-3-5-10-19)27(26)18-29-25-20-11-8-16-28-22(20)14-15-24(25)31-27/h6-8,11-16,18-19H,3-5,9-10,17H2,1-2H3. The van der Waals surface area contributed by atoms with Gasteiger partial charge < -0.3 is 9.64 Å². The quantitative estimate of drug-likeness (QED) is 0.489. The van der Waals surface area contributed by atoms with E-state index in [4.69, 9.17) is 9.73 Å². The van der Waals surface area contributed by atoms with Gasteiger partial charge in [-0.3, -0.25) is 9.98 Å². The summed E-state index contributed by atoms with van der Waals surface area (Å²) >= 11 is 0. The van der Waals surface area contributed by atoms with Crippen molar-refractivity contribution in [2.75, 3.05) is 11.4 Å². The first kappa shape index (κ1) is 18.9. The molecule has 1 saturated carbocycles. The number of rotatable bonds is 2. The molecule has 6 rings (SSSR count). The fourth-order valence-corrected chi connectivity index (χ4v) is 5.90. The molecule has 3 aromatic rings. The molecule has 4 nitrogen and oxygen atoms in total. The number of para-hydroxylation sites is 1. The molecule has 2 aromatic carbocycles. The Hall–Kier alpha value is -2.88. The summed E-state index contributed by atoms with van der Waals surface area (Å²) < 4.78 is 6.99. The van der Waals surface area contributed by atoms with E-state index in [1.807, 2.05) is 24.4 Å². The molecular formula is C27H29N3O. The molecular weight excluding hydrogens is 382 g/mol. The van der Waals surface area contributed by atoms with Gasteiger partial charge in [0.25, 0.3) is 0 Å². The molecule has 0 bridgehead atoms. The fraction of sp³-hybridized carbons (Fsp3) is 0.407. The number of hydrogen-bond acceptors (Lipinski definition) is 4. The number of aromatic nitrogens is 1. The zero-order chi connectivity index (χ0) is 21.1. The highest BCUT2D eigenvalue weighted by Gasteiger charge is 2.59. The molecule has 1 fully saturated rings. The first-order valence-corrected chi connectivity index (χ1v) is 11.6. The number of ether oxygens (including phenoxy) is 1. The lowest BCUT2D eigenvalue weighted by Gasteiger charge is -2.47. The number of pyridine rings is 1. The van der Waals surface area contributed by atoms with E-state index in [2.05, 4.69) is 60.3 Å². The second-order valence-corrected chi connectivity index (χ2v) is 9.80. The Morgan fingerprint density at radius 3 is 2.71 bits per heavy atom. The van der Waals surface area contributed by atoms with Gasteiger partial charge in [-0.2, -0.15) is 0 Å². The minimum atomic E-state index is -0.628. The first-order valence-electron chi connectivity index (χ1n) is 11.6. The Morgan fingerprint density at radius 1 is 1.00 bits per heavy atom. The Kier molecular flexibility index (Phi) is 4.14. The average molecular weight is 412 g/mol. The molecule has 1 aromatic heterocycles. The van der Waals surface area contributed by atoms with Crippen LogP contribution in [-0.4, -0.2) is 23.5 Å². The van der Waals surface area contributed by atoms with Crippen molar-refractivity contribution in [2.45, 2.75) is 57.1 Å². The third-order valence-electron chi connectivity index (χ3n) is 7.68. The Labute approximate surface area is 184 Å². The van der Waals surface area contributed by atoms with Gasteiger partial charge in [-0.25, -0.2) is 0 Å². The van der Waals surface area contributed by atoms with Crippen molar-refractivity contribution >= 4 is 28.5 Å². The maximum atomic E-state index is 6.99. The van der Waals surface area contributed by atoms with Crippen molar-refractivity contribution in [3.05, 3.63) is 60.3 Å². The zero-order valence-corrected chi connectivity index (χ0v) is 18.3. The van der Waals surface area contributed by atoms with E-state index >= 15 is 0 Å². The molecule has 3 heterocycles. The molecule has 0 amide bonds. The number of anilines is 1. The summed E-state index contributed by atoms with van der Waals surface area (Å²) in [5.41, 5.74) is 3.60. The highest BCUT2D eigenvalue weighted by atomic mass is 16.5. The monoisotopic (exact) mass is 411 g/mol. The molecule has 0 N–H and O–H groups in total. The summed E-state index contributed by atoms with van der Waals surface area (Å²) in [7, 11) is 0. The molecule has 1 spiro atoms. The molecule has 3 aliphatic rings. The van der Waals surface area contributed by atoms with Gasteiger partial charge in [0.15, 0.2) is 0 Å². The minimum absolute atomic E-state index is 0.233. The van der Waals surface area contributed by atoms with Gasteiger partial charge in [-0.1, -0.05) is 37.5 Å². The molecule has 0 saturated heterocycles. The van der Waals surface area contributed by atoms with Gasteiger partial charge in [0, 0.05) is 23.8 Å². The molecule has 1 aliphatic carbocycles. The van der Waals surface area contributed by atoms with Crippen LogP contribution in [0, 0.1) is 5.92 Å². The fourth-order valence-electron chi connectivity index (χ4n) is 5.90. The molecule has 1 unspecified atom stereocenters. The van der Waals surface area contributed by atoms with Gasteiger partial charge in [0.1, 0.15) is 11.4 Å². The summed E-state index contributed by atoms with van der Waals surface area (Å²) in [6, 6.07) is 16.9. The van der Waals surface area contributed by atoms with Crippen molar-refractivity contribution in [3.63, 3.8) is 0 Å². The zero-order valence-electron chi connectivity index (χ0n) is 18.3.